The highest BCUT2D eigenvalue weighted by molar-refractivity contribution is 7.90. The van der Waals surface area contributed by atoms with Gasteiger partial charge < -0.3 is 15.4 Å². The lowest BCUT2D eigenvalue weighted by Gasteiger charge is -2.24. The van der Waals surface area contributed by atoms with Crippen molar-refractivity contribution in [2.75, 3.05) is 31.8 Å². The number of anilines is 1. The van der Waals surface area contributed by atoms with E-state index in [2.05, 4.69) is 20.6 Å². The van der Waals surface area contributed by atoms with E-state index in [-0.39, 0.29) is 10.8 Å². The Kier molecular flexibility index (Phi) is 5.73. The van der Waals surface area contributed by atoms with Gasteiger partial charge in [-0.2, -0.15) is 0 Å². The van der Waals surface area contributed by atoms with Gasteiger partial charge in [-0.25, -0.2) is 18.4 Å². The smallest absolute Gasteiger partial charge is 0.223 e. The van der Waals surface area contributed by atoms with E-state index in [9.17, 15) is 8.42 Å². The molecule has 1 aromatic carbocycles. The Morgan fingerprint density at radius 2 is 2.23 bits per heavy atom. The molecule has 3 rings (SSSR count). The van der Waals surface area contributed by atoms with Gasteiger partial charge in [-0.15, -0.1) is 0 Å². The van der Waals surface area contributed by atoms with Gasteiger partial charge in [0.1, 0.15) is 10.6 Å². The van der Waals surface area contributed by atoms with Gasteiger partial charge >= 0.3 is 0 Å². The van der Waals surface area contributed by atoms with Crippen molar-refractivity contribution in [1.82, 2.24) is 15.3 Å². The van der Waals surface area contributed by atoms with Crippen molar-refractivity contribution in [3.05, 3.63) is 41.7 Å². The van der Waals surface area contributed by atoms with E-state index >= 15 is 0 Å². The highest BCUT2D eigenvalue weighted by Gasteiger charge is 2.25. The predicted molar refractivity (Wildman–Crippen MR) is 100 cm³/mol. The lowest BCUT2D eigenvalue weighted by atomic mass is 9.96. The summed E-state index contributed by atoms with van der Waals surface area (Å²) in [4.78, 5) is 8.97. The zero-order valence-electron chi connectivity index (χ0n) is 15.0. The molecule has 1 saturated heterocycles. The van der Waals surface area contributed by atoms with Crippen LogP contribution >= 0.6 is 0 Å². The molecule has 0 aliphatic carbocycles. The molecule has 1 aliphatic heterocycles. The van der Waals surface area contributed by atoms with Crippen molar-refractivity contribution in [2.24, 2.45) is 0 Å². The first kappa shape index (κ1) is 18.6. The maximum absolute atomic E-state index is 12.1. The Morgan fingerprint density at radius 3 is 2.92 bits per heavy atom. The number of piperidine rings is 1. The minimum atomic E-state index is -3.37. The maximum Gasteiger partial charge on any atom is 0.223 e. The van der Waals surface area contributed by atoms with E-state index in [0.29, 0.717) is 18.2 Å². The van der Waals surface area contributed by atoms with Gasteiger partial charge in [0, 0.05) is 25.3 Å². The number of nitrogens with zero attached hydrogens (tertiary/aromatic N) is 2. The molecule has 8 heteroatoms. The number of hydrogen-bond donors (Lipinski definition) is 2. The monoisotopic (exact) mass is 376 g/mol. The van der Waals surface area contributed by atoms with E-state index in [0.717, 1.165) is 37.2 Å². The fraction of sp³-hybridized carbons (Fsp3) is 0.444. The first-order chi connectivity index (χ1) is 12.5. The molecular formula is C18H24N4O3S. The third kappa shape index (κ3) is 4.50. The number of sulfone groups is 1. The van der Waals surface area contributed by atoms with Gasteiger partial charge in [0.25, 0.3) is 0 Å². The molecule has 1 aliphatic rings. The van der Waals surface area contributed by atoms with Crippen LogP contribution in [0, 0.1) is 0 Å². The van der Waals surface area contributed by atoms with Gasteiger partial charge in [0.2, 0.25) is 5.95 Å². The Balaban J connectivity index is 1.83. The van der Waals surface area contributed by atoms with E-state index < -0.39 is 9.84 Å². The minimum Gasteiger partial charge on any atom is -0.497 e. The molecule has 0 bridgehead atoms. The van der Waals surface area contributed by atoms with Crippen LogP contribution in [-0.2, 0) is 16.4 Å². The van der Waals surface area contributed by atoms with Crippen LogP contribution in [0.2, 0.25) is 0 Å². The van der Waals surface area contributed by atoms with Crippen LogP contribution in [-0.4, -0.2) is 44.8 Å². The van der Waals surface area contributed by atoms with Gasteiger partial charge in [-0.3, -0.25) is 0 Å². The summed E-state index contributed by atoms with van der Waals surface area (Å²) in [6, 6.07) is 7.72. The summed E-state index contributed by atoms with van der Waals surface area (Å²) in [7, 11) is -1.74. The van der Waals surface area contributed by atoms with Crippen LogP contribution in [0.25, 0.3) is 0 Å². The van der Waals surface area contributed by atoms with Crippen LogP contribution in [0.3, 0.4) is 0 Å². The molecule has 2 aromatic rings. The lowest BCUT2D eigenvalue weighted by molar-refractivity contribution is 0.414. The number of methoxy groups -OCH3 is 1. The fourth-order valence-corrected chi connectivity index (χ4v) is 3.93. The number of aromatic nitrogens is 2. The third-order valence-corrected chi connectivity index (χ3v) is 5.56. The second-order valence-electron chi connectivity index (χ2n) is 6.46. The number of rotatable bonds is 6. The molecule has 140 valence electrons. The summed E-state index contributed by atoms with van der Waals surface area (Å²) in [6.45, 7) is 2.21. The Labute approximate surface area is 154 Å². The zero-order chi connectivity index (χ0) is 18.6. The zero-order valence-corrected chi connectivity index (χ0v) is 15.8. The van der Waals surface area contributed by atoms with Crippen molar-refractivity contribution < 1.29 is 13.2 Å². The van der Waals surface area contributed by atoms with Crippen molar-refractivity contribution in [1.29, 1.82) is 0 Å². The van der Waals surface area contributed by atoms with Crippen LogP contribution < -0.4 is 15.4 Å². The van der Waals surface area contributed by atoms with Crippen LogP contribution in [0.1, 0.15) is 30.0 Å². The molecule has 1 fully saturated rings. The third-order valence-electron chi connectivity index (χ3n) is 4.45. The molecule has 2 N–H and O–H groups in total. The second-order valence-corrected chi connectivity index (χ2v) is 8.45. The van der Waals surface area contributed by atoms with Gasteiger partial charge in [0.05, 0.1) is 19.0 Å². The number of ether oxygens (including phenoxy) is 1. The average molecular weight is 376 g/mol. The molecule has 0 saturated carbocycles. The molecule has 1 atom stereocenters. The molecule has 0 amide bonds. The van der Waals surface area contributed by atoms with E-state index in [1.165, 1.54) is 12.5 Å². The lowest BCUT2D eigenvalue weighted by Crippen LogP contribution is -2.30. The summed E-state index contributed by atoms with van der Waals surface area (Å²) >= 11 is 0. The largest absolute Gasteiger partial charge is 0.497 e. The van der Waals surface area contributed by atoms with Crippen LogP contribution in [0.4, 0.5) is 5.95 Å². The Bertz CT molecular complexity index is 864. The van der Waals surface area contributed by atoms with Gasteiger partial charge in [-0.1, -0.05) is 12.1 Å². The average Bonchev–Trinajstić information content (AvgIpc) is 2.66. The summed E-state index contributed by atoms with van der Waals surface area (Å²) < 4.78 is 29.5. The number of nitrogens with one attached hydrogen (secondary N) is 2. The molecule has 0 spiro atoms. The Hall–Kier alpha value is -2.19. The van der Waals surface area contributed by atoms with Crippen LogP contribution in [0.5, 0.6) is 5.75 Å². The van der Waals surface area contributed by atoms with Gasteiger partial charge in [0.15, 0.2) is 9.84 Å². The molecule has 7 nitrogen and oxygen atoms in total. The highest BCUT2D eigenvalue weighted by atomic mass is 32.2. The highest BCUT2D eigenvalue weighted by Crippen LogP contribution is 2.28. The molecule has 0 radical (unpaired) electrons. The Morgan fingerprint density at radius 1 is 1.38 bits per heavy atom. The fourth-order valence-electron chi connectivity index (χ4n) is 3.10. The van der Waals surface area contributed by atoms with Crippen molar-refractivity contribution in [3.8, 4) is 5.75 Å². The molecule has 0 unspecified atom stereocenters. The number of benzene rings is 1. The standard InChI is InChI=1S/C18H24N4O3S/c1-25-15-7-3-5-13(9-15)10-20-18-21-12-16(26(2,23)24)17(22-18)14-6-4-8-19-11-14/h3,5,7,9,12,14,19H,4,6,8,10-11H2,1-2H3,(H,20,21,22)/t14-/m0/s1. The first-order valence-electron chi connectivity index (χ1n) is 8.62. The minimum absolute atomic E-state index is 0.0776. The summed E-state index contributed by atoms with van der Waals surface area (Å²) in [5, 5.41) is 6.49. The second kappa shape index (κ2) is 8.01. The molecule has 2 heterocycles. The van der Waals surface area contributed by atoms with E-state index in [1.54, 1.807) is 7.11 Å². The molecule has 1 aromatic heterocycles. The van der Waals surface area contributed by atoms with E-state index in [4.69, 9.17) is 4.74 Å². The first-order valence-corrected chi connectivity index (χ1v) is 10.5. The van der Waals surface area contributed by atoms with Crippen LogP contribution in [0.15, 0.2) is 35.4 Å². The quantitative estimate of drug-likeness (QED) is 0.796. The normalized spacial score (nSPS) is 17.7. The SMILES string of the molecule is COc1cccc(CNc2ncc(S(C)(=O)=O)c([C@H]3CCCNC3)n2)c1. The van der Waals surface area contributed by atoms with Crippen molar-refractivity contribution in [3.63, 3.8) is 0 Å². The number of hydrogen-bond acceptors (Lipinski definition) is 7. The predicted octanol–water partition coefficient (Wildman–Crippen LogP) is 1.97. The maximum atomic E-state index is 12.1. The topological polar surface area (TPSA) is 93.2 Å². The summed E-state index contributed by atoms with van der Waals surface area (Å²) in [6.07, 6.45) is 4.54. The molecular weight excluding hydrogens is 352 g/mol. The van der Waals surface area contributed by atoms with Crippen molar-refractivity contribution in [2.45, 2.75) is 30.2 Å². The summed E-state index contributed by atoms with van der Waals surface area (Å²) in [5.41, 5.74) is 1.63. The van der Waals surface area contributed by atoms with Gasteiger partial charge in [-0.05, 0) is 37.1 Å². The van der Waals surface area contributed by atoms with E-state index in [1.807, 2.05) is 24.3 Å². The summed E-state index contributed by atoms with van der Waals surface area (Å²) in [5.74, 6) is 1.29. The van der Waals surface area contributed by atoms with Crippen molar-refractivity contribution >= 4 is 15.8 Å². The molecule has 26 heavy (non-hydrogen) atoms.